The lowest BCUT2D eigenvalue weighted by Gasteiger charge is -2.18. The maximum Gasteiger partial charge on any atom is 0.260 e. The van der Waals surface area contributed by atoms with Crippen LogP contribution in [0, 0.1) is 25.2 Å². The van der Waals surface area contributed by atoms with Crippen LogP contribution in [-0.4, -0.2) is 24.5 Å². The van der Waals surface area contributed by atoms with E-state index in [1.54, 1.807) is 24.1 Å². The molecule has 4 nitrogen and oxygen atoms in total. The van der Waals surface area contributed by atoms with Crippen LogP contribution in [0.25, 0.3) is 0 Å². The third-order valence-electron chi connectivity index (χ3n) is 3.58. The molecule has 118 valence electrons. The Hall–Kier alpha value is -2.80. The molecule has 0 unspecified atom stereocenters. The van der Waals surface area contributed by atoms with Gasteiger partial charge in [-0.15, -0.1) is 0 Å². The average Bonchev–Trinajstić information content (AvgIpc) is 2.54. The number of rotatable bonds is 5. The molecule has 2 rings (SSSR count). The summed E-state index contributed by atoms with van der Waals surface area (Å²) in [4.78, 5) is 13.8. The number of hydrogen-bond donors (Lipinski definition) is 0. The Labute approximate surface area is 136 Å². The molecule has 0 aliphatic heterocycles. The van der Waals surface area contributed by atoms with E-state index < -0.39 is 0 Å². The molecule has 2 aromatic carbocycles. The number of hydrogen-bond acceptors (Lipinski definition) is 3. The monoisotopic (exact) mass is 308 g/mol. The van der Waals surface area contributed by atoms with Crippen LogP contribution in [0.1, 0.15) is 22.3 Å². The highest BCUT2D eigenvalue weighted by Crippen LogP contribution is 2.18. The van der Waals surface area contributed by atoms with Crippen LogP contribution in [0.2, 0.25) is 0 Å². The van der Waals surface area contributed by atoms with Gasteiger partial charge in [-0.2, -0.15) is 5.26 Å². The molecule has 0 saturated heterocycles. The van der Waals surface area contributed by atoms with Crippen LogP contribution in [0.3, 0.4) is 0 Å². The standard InChI is InChI=1S/C19H20N2O2/c1-14-7-8-18(15(2)9-14)23-13-19(22)21(3)12-17-6-4-5-16(10-17)11-20/h4-10H,12-13H2,1-3H3. The number of nitrogens with zero attached hydrogens (tertiary/aromatic N) is 2. The first-order valence-electron chi connectivity index (χ1n) is 7.42. The Bertz CT molecular complexity index is 747. The van der Waals surface area contributed by atoms with Crippen LogP contribution in [0.5, 0.6) is 5.75 Å². The number of benzene rings is 2. The van der Waals surface area contributed by atoms with Crippen LogP contribution in [-0.2, 0) is 11.3 Å². The van der Waals surface area contributed by atoms with E-state index in [1.807, 2.05) is 44.2 Å². The number of amides is 1. The molecule has 23 heavy (non-hydrogen) atoms. The zero-order valence-electron chi connectivity index (χ0n) is 13.7. The number of aryl methyl sites for hydroxylation is 2. The van der Waals surface area contributed by atoms with Gasteiger partial charge in [0.25, 0.3) is 5.91 Å². The highest BCUT2D eigenvalue weighted by Gasteiger charge is 2.11. The fourth-order valence-corrected chi connectivity index (χ4v) is 2.31. The lowest BCUT2D eigenvalue weighted by molar-refractivity contribution is -0.132. The fourth-order valence-electron chi connectivity index (χ4n) is 2.31. The molecule has 0 fully saturated rings. The van der Waals surface area contributed by atoms with Crippen molar-refractivity contribution >= 4 is 5.91 Å². The summed E-state index contributed by atoms with van der Waals surface area (Å²) in [7, 11) is 1.73. The molecule has 0 spiro atoms. The maximum absolute atomic E-state index is 12.2. The predicted octanol–water partition coefficient (Wildman–Crippen LogP) is 3.21. The molecule has 0 heterocycles. The lowest BCUT2D eigenvalue weighted by Crippen LogP contribution is -2.31. The van der Waals surface area contributed by atoms with Crippen LogP contribution >= 0.6 is 0 Å². The van der Waals surface area contributed by atoms with Crippen LogP contribution in [0.15, 0.2) is 42.5 Å². The highest BCUT2D eigenvalue weighted by molar-refractivity contribution is 5.77. The van der Waals surface area contributed by atoms with E-state index in [0.717, 1.165) is 22.4 Å². The Kier molecular flexibility index (Phi) is 5.37. The molecular formula is C19H20N2O2. The first kappa shape index (κ1) is 16.6. The Balaban J connectivity index is 1.93. The molecular weight excluding hydrogens is 288 g/mol. The van der Waals surface area contributed by atoms with Crippen molar-refractivity contribution in [2.75, 3.05) is 13.7 Å². The van der Waals surface area contributed by atoms with Gasteiger partial charge in [0.2, 0.25) is 0 Å². The smallest absolute Gasteiger partial charge is 0.260 e. The minimum Gasteiger partial charge on any atom is -0.484 e. The zero-order chi connectivity index (χ0) is 16.8. The SMILES string of the molecule is Cc1ccc(OCC(=O)N(C)Cc2cccc(C#N)c2)c(C)c1. The third kappa shape index (κ3) is 4.58. The van der Waals surface area contributed by atoms with Gasteiger partial charge in [-0.3, -0.25) is 4.79 Å². The molecule has 1 amide bonds. The van der Waals surface area contributed by atoms with Crippen molar-refractivity contribution in [3.05, 3.63) is 64.7 Å². The second kappa shape index (κ2) is 7.46. The third-order valence-corrected chi connectivity index (χ3v) is 3.58. The number of carbonyl (C=O) groups excluding carboxylic acids is 1. The van der Waals surface area contributed by atoms with Gasteiger partial charge in [0.15, 0.2) is 6.61 Å². The Morgan fingerprint density at radius 3 is 2.70 bits per heavy atom. The Morgan fingerprint density at radius 1 is 1.22 bits per heavy atom. The molecule has 0 aromatic heterocycles. The highest BCUT2D eigenvalue weighted by atomic mass is 16.5. The first-order chi connectivity index (χ1) is 11.0. The topological polar surface area (TPSA) is 53.3 Å². The molecule has 0 saturated carbocycles. The summed E-state index contributed by atoms with van der Waals surface area (Å²) in [5.74, 6) is 0.621. The van der Waals surface area contributed by atoms with Gasteiger partial charge in [-0.05, 0) is 43.2 Å². The summed E-state index contributed by atoms with van der Waals surface area (Å²) >= 11 is 0. The van der Waals surface area contributed by atoms with Crippen molar-refractivity contribution in [2.45, 2.75) is 20.4 Å². The predicted molar refractivity (Wildman–Crippen MR) is 89.0 cm³/mol. The van der Waals surface area contributed by atoms with E-state index in [2.05, 4.69) is 6.07 Å². The van der Waals surface area contributed by atoms with Gasteiger partial charge in [0.1, 0.15) is 5.75 Å². The minimum atomic E-state index is -0.104. The number of likely N-dealkylation sites (N-methyl/N-ethyl adjacent to an activating group) is 1. The van der Waals surface area contributed by atoms with E-state index >= 15 is 0 Å². The molecule has 4 heteroatoms. The van der Waals surface area contributed by atoms with Gasteiger partial charge >= 0.3 is 0 Å². The lowest BCUT2D eigenvalue weighted by atomic mass is 10.1. The van der Waals surface area contributed by atoms with E-state index in [-0.39, 0.29) is 12.5 Å². The average molecular weight is 308 g/mol. The van der Waals surface area contributed by atoms with E-state index in [0.29, 0.717) is 12.1 Å². The zero-order valence-corrected chi connectivity index (χ0v) is 13.7. The van der Waals surface area contributed by atoms with Crippen molar-refractivity contribution in [3.8, 4) is 11.8 Å². The summed E-state index contributed by atoms with van der Waals surface area (Å²) < 4.78 is 5.61. The van der Waals surface area contributed by atoms with E-state index in [1.165, 1.54) is 0 Å². The molecule has 0 aliphatic rings. The molecule has 0 atom stereocenters. The summed E-state index contributed by atoms with van der Waals surface area (Å²) in [5, 5.41) is 8.91. The maximum atomic E-state index is 12.2. The number of nitriles is 1. The summed E-state index contributed by atoms with van der Waals surface area (Å²) in [6, 6.07) is 15.2. The fraction of sp³-hybridized carbons (Fsp3) is 0.263. The Morgan fingerprint density at radius 2 is 2.00 bits per heavy atom. The van der Waals surface area contributed by atoms with Crippen molar-refractivity contribution in [3.63, 3.8) is 0 Å². The normalized spacial score (nSPS) is 10.0. The van der Waals surface area contributed by atoms with Gasteiger partial charge in [0.05, 0.1) is 11.6 Å². The van der Waals surface area contributed by atoms with Gasteiger partial charge < -0.3 is 9.64 Å². The van der Waals surface area contributed by atoms with Crippen molar-refractivity contribution in [1.82, 2.24) is 4.90 Å². The number of carbonyl (C=O) groups is 1. The molecule has 2 aromatic rings. The largest absolute Gasteiger partial charge is 0.484 e. The van der Waals surface area contributed by atoms with Crippen molar-refractivity contribution in [1.29, 1.82) is 5.26 Å². The van der Waals surface area contributed by atoms with E-state index in [4.69, 9.17) is 10.00 Å². The quantitative estimate of drug-likeness (QED) is 0.852. The molecule has 0 aliphatic carbocycles. The van der Waals surface area contributed by atoms with Gasteiger partial charge in [-0.1, -0.05) is 29.8 Å². The summed E-state index contributed by atoms with van der Waals surface area (Å²) in [6.07, 6.45) is 0. The van der Waals surface area contributed by atoms with Crippen molar-refractivity contribution in [2.24, 2.45) is 0 Å². The molecule has 0 N–H and O–H groups in total. The summed E-state index contributed by atoms with van der Waals surface area (Å²) in [6.45, 7) is 4.43. The summed E-state index contributed by atoms with van der Waals surface area (Å²) in [5.41, 5.74) is 3.69. The van der Waals surface area contributed by atoms with Gasteiger partial charge in [-0.25, -0.2) is 0 Å². The van der Waals surface area contributed by atoms with Crippen molar-refractivity contribution < 1.29 is 9.53 Å². The second-order valence-electron chi connectivity index (χ2n) is 5.62. The molecule has 0 radical (unpaired) electrons. The van der Waals surface area contributed by atoms with Crippen LogP contribution in [0.4, 0.5) is 0 Å². The minimum absolute atomic E-state index is 0.00165. The second-order valence-corrected chi connectivity index (χ2v) is 5.62. The van der Waals surface area contributed by atoms with Crippen LogP contribution < -0.4 is 4.74 Å². The number of ether oxygens (including phenoxy) is 1. The molecule has 0 bridgehead atoms. The van der Waals surface area contributed by atoms with Gasteiger partial charge in [0, 0.05) is 13.6 Å². The first-order valence-corrected chi connectivity index (χ1v) is 7.42. The van der Waals surface area contributed by atoms with E-state index in [9.17, 15) is 4.79 Å².